The van der Waals surface area contributed by atoms with Gasteiger partial charge in [0.15, 0.2) is 6.10 Å². The molecule has 7 heteroatoms. The van der Waals surface area contributed by atoms with Crippen LogP contribution >= 0.6 is 0 Å². The number of rotatable bonds is 5. The third kappa shape index (κ3) is 4.26. The van der Waals surface area contributed by atoms with E-state index in [1.807, 2.05) is 0 Å². The number of benzene rings is 1. The molecule has 3 N–H and O–H groups in total. The van der Waals surface area contributed by atoms with Crippen molar-refractivity contribution < 1.29 is 17.9 Å². The van der Waals surface area contributed by atoms with Gasteiger partial charge in [0.2, 0.25) is 10.0 Å². The van der Waals surface area contributed by atoms with Gasteiger partial charge in [-0.15, -0.1) is 6.42 Å². The van der Waals surface area contributed by atoms with Crippen LogP contribution in [0.3, 0.4) is 0 Å². The van der Waals surface area contributed by atoms with E-state index in [-0.39, 0.29) is 17.3 Å². The third-order valence-corrected chi connectivity index (χ3v) is 3.57. The predicted molar refractivity (Wildman–Crippen MR) is 74.5 cm³/mol. The van der Waals surface area contributed by atoms with Crippen molar-refractivity contribution in [2.45, 2.75) is 24.8 Å². The molecule has 1 aromatic rings. The average Bonchev–Trinajstić information content (AvgIpc) is 2.34. The minimum atomic E-state index is -3.76. The molecule has 1 amide bonds. The number of carbonyl (C=O) groups excluding carboxylic acids is 1. The Morgan fingerprint density at radius 1 is 1.55 bits per heavy atom. The second kappa shape index (κ2) is 6.41. The molecule has 20 heavy (non-hydrogen) atoms. The van der Waals surface area contributed by atoms with Crippen LogP contribution in [0.5, 0.6) is 5.75 Å². The monoisotopic (exact) mass is 296 g/mol. The smallest absolute Gasteiger partial charge is 0.261 e. The highest BCUT2D eigenvalue weighted by molar-refractivity contribution is 7.89. The zero-order chi connectivity index (χ0) is 15.3. The van der Waals surface area contributed by atoms with Crippen LogP contribution in [0.2, 0.25) is 0 Å². The van der Waals surface area contributed by atoms with Crippen LogP contribution in [-0.4, -0.2) is 27.0 Å². The van der Waals surface area contributed by atoms with Crippen LogP contribution in [-0.2, 0) is 14.8 Å². The van der Waals surface area contributed by atoms with Gasteiger partial charge in [-0.2, -0.15) is 0 Å². The van der Waals surface area contributed by atoms with Gasteiger partial charge in [-0.05, 0) is 37.6 Å². The summed E-state index contributed by atoms with van der Waals surface area (Å²) in [5.74, 6) is 2.31. The Kier molecular flexibility index (Phi) is 5.13. The zero-order valence-corrected chi connectivity index (χ0v) is 12.0. The topological polar surface area (TPSA) is 98.5 Å². The zero-order valence-electron chi connectivity index (χ0n) is 11.2. The van der Waals surface area contributed by atoms with Crippen LogP contribution in [0.4, 0.5) is 0 Å². The molecular formula is C13H16N2O4S. The highest BCUT2D eigenvalue weighted by Gasteiger charge is 2.16. The second-order valence-electron chi connectivity index (χ2n) is 4.15. The van der Waals surface area contributed by atoms with Gasteiger partial charge in [-0.1, -0.05) is 5.92 Å². The summed E-state index contributed by atoms with van der Waals surface area (Å²) in [4.78, 5) is 11.6. The Balaban J connectivity index is 2.83. The summed E-state index contributed by atoms with van der Waals surface area (Å²) >= 11 is 0. The number of amides is 1. The molecule has 1 aromatic carbocycles. The van der Waals surface area contributed by atoms with E-state index in [0.717, 1.165) is 0 Å². The van der Waals surface area contributed by atoms with Crippen molar-refractivity contribution >= 4 is 15.9 Å². The fraction of sp³-hybridized carbons (Fsp3) is 0.308. The standard InChI is InChI=1S/C13H16N2O4S/c1-4-7-15-13(16)10(3)19-11-5-6-12(9(2)8-11)20(14,17)18/h1,5-6,8,10H,7H2,2-3H3,(H,15,16)(H2,14,17,18). The average molecular weight is 296 g/mol. The minimum absolute atomic E-state index is 0.0225. The van der Waals surface area contributed by atoms with Crippen LogP contribution in [0.15, 0.2) is 23.1 Å². The maximum atomic E-state index is 11.6. The number of sulfonamides is 1. The molecule has 0 radical (unpaired) electrons. The molecule has 0 aliphatic heterocycles. The Bertz CT molecular complexity index is 647. The Morgan fingerprint density at radius 3 is 2.70 bits per heavy atom. The molecule has 0 fully saturated rings. The van der Waals surface area contributed by atoms with Crippen molar-refractivity contribution in [2.75, 3.05) is 6.54 Å². The largest absolute Gasteiger partial charge is 0.481 e. The lowest BCUT2D eigenvalue weighted by Gasteiger charge is -2.15. The first-order chi connectivity index (χ1) is 9.25. The summed E-state index contributed by atoms with van der Waals surface area (Å²) in [7, 11) is -3.76. The fourth-order valence-electron chi connectivity index (χ4n) is 1.55. The number of hydrogen-bond acceptors (Lipinski definition) is 4. The number of aryl methyl sites for hydroxylation is 1. The Hall–Kier alpha value is -2.04. The summed E-state index contributed by atoms with van der Waals surface area (Å²) in [6.45, 7) is 3.28. The molecule has 0 aromatic heterocycles. The molecule has 0 saturated heterocycles. The molecule has 0 aliphatic rings. The fourth-order valence-corrected chi connectivity index (χ4v) is 2.32. The van der Waals surface area contributed by atoms with Crippen molar-refractivity contribution in [3.8, 4) is 18.1 Å². The lowest BCUT2D eigenvalue weighted by Crippen LogP contribution is -2.36. The highest BCUT2D eigenvalue weighted by Crippen LogP contribution is 2.21. The molecule has 0 spiro atoms. The van der Waals surface area contributed by atoms with Crippen molar-refractivity contribution in [1.82, 2.24) is 5.32 Å². The summed E-state index contributed by atoms with van der Waals surface area (Å²) in [6.07, 6.45) is 4.29. The van der Waals surface area contributed by atoms with E-state index >= 15 is 0 Å². The van der Waals surface area contributed by atoms with Crippen LogP contribution < -0.4 is 15.2 Å². The molecule has 0 bridgehead atoms. The van der Waals surface area contributed by atoms with E-state index < -0.39 is 16.1 Å². The van der Waals surface area contributed by atoms with Gasteiger partial charge in [-0.3, -0.25) is 4.79 Å². The van der Waals surface area contributed by atoms with Crippen molar-refractivity contribution in [3.63, 3.8) is 0 Å². The van der Waals surface area contributed by atoms with Gasteiger partial charge in [0.25, 0.3) is 5.91 Å². The van der Waals surface area contributed by atoms with Gasteiger partial charge in [0.05, 0.1) is 11.4 Å². The maximum absolute atomic E-state index is 11.6. The van der Waals surface area contributed by atoms with Crippen molar-refractivity contribution in [3.05, 3.63) is 23.8 Å². The first-order valence-corrected chi connectivity index (χ1v) is 7.31. The summed E-state index contributed by atoms with van der Waals surface area (Å²) in [6, 6.07) is 4.29. The van der Waals surface area contributed by atoms with E-state index in [0.29, 0.717) is 11.3 Å². The quantitative estimate of drug-likeness (QED) is 0.756. The number of terminal acetylenes is 1. The molecule has 6 nitrogen and oxygen atoms in total. The van der Waals surface area contributed by atoms with E-state index in [1.165, 1.54) is 18.2 Å². The summed E-state index contributed by atoms with van der Waals surface area (Å²) < 4.78 is 27.9. The minimum Gasteiger partial charge on any atom is -0.481 e. The highest BCUT2D eigenvalue weighted by atomic mass is 32.2. The molecule has 0 heterocycles. The number of carbonyl (C=O) groups is 1. The van der Waals surface area contributed by atoms with Crippen molar-refractivity contribution in [2.24, 2.45) is 5.14 Å². The normalized spacial score (nSPS) is 12.3. The third-order valence-electron chi connectivity index (χ3n) is 2.50. The van der Waals surface area contributed by atoms with E-state index in [4.69, 9.17) is 16.3 Å². The molecule has 1 rings (SSSR count). The second-order valence-corrected chi connectivity index (χ2v) is 5.68. The molecule has 1 unspecified atom stereocenters. The molecule has 108 valence electrons. The van der Waals surface area contributed by atoms with Crippen LogP contribution in [0, 0.1) is 19.3 Å². The number of ether oxygens (including phenoxy) is 1. The Morgan fingerprint density at radius 2 is 2.20 bits per heavy atom. The number of hydrogen-bond donors (Lipinski definition) is 2. The van der Waals surface area contributed by atoms with E-state index in [9.17, 15) is 13.2 Å². The maximum Gasteiger partial charge on any atom is 0.261 e. The van der Waals surface area contributed by atoms with Crippen LogP contribution in [0.25, 0.3) is 0 Å². The summed E-state index contributed by atoms with van der Waals surface area (Å²) in [5.41, 5.74) is 0.446. The Labute approximate surface area is 118 Å². The molecular weight excluding hydrogens is 280 g/mol. The van der Waals surface area contributed by atoms with E-state index in [2.05, 4.69) is 11.2 Å². The number of primary sulfonamides is 1. The SMILES string of the molecule is C#CCNC(=O)C(C)Oc1ccc(S(N)(=O)=O)c(C)c1. The lowest BCUT2D eigenvalue weighted by atomic mass is 10.2. The number of nitrogens with one attached hydrogen (secondary N) is 1. The number of nitrogens with two attached hydrogens (primary N) is 1. The molecule has 0 saturated carbocycles. The first-order valence-electron chi connectivity index (χ1n) is 5.77. The van der Waals surface area contributed by atoms with Gasteiger partial charge in [0, 0.05) is 0 Å². The van der Waals surface area contributed by atoms with Gasteiger partial charge in [-0.25, -0.2) is 13.6 Å². The van der Waals surface area contributed by atoms with Gasteiger partial charge < -0.3 is 10.1 Å². The van der Waals surface area contributed by atoms with E-state index in [1.54, 1.807) is 13.8 Å². The van der Waals surface area contributed by atoms with Crippen molar-refractivity contribution in [1.29, 1.82) is 0 Å². The first kappa shape index (κ1) is 16.0. The molecule has 1 atom stereocenters. The van der Waals surface area contributed by atoms with Gasteiger partial charge in [0.1, 0.15) is 5.75 Å². The summed E-state index contributed by atoms with van der Waals surface area (Å²) in [5, 5.41) is 7.55. The molecule has 0 aliphatic carbocycles. The van der Waals surface area contributed by atoms with Crippen LogP contribution in [0.1, 0.15) is 12.5 Å². The predicted octanol–water partition coefficient (Wildman–Crippen LogP) is 0.159. The lowest BCUT2D eigenvalue weighted by molar-refractivity contribution is -0.127. The van der Waals surface area contributed by atoms with Gasteiger partial charge >= 0.3 is 0 Å².